The lowest BCUT2D eigenvalue weighted by Gasteiger charge is -2.13. The van der Waals surface area contributed by atoms with Crippen LogP contribution in [-0.2, 0) is 9.53 Å². The Bertz CT molecular complexity index is 258. The molecule has 0 radical (unpaired) electrons. The zero-order valence-corrected chi connectivity index (χ0v) is 9.02. The van der Waals surface area contributed by atoms with Gasteiger partial charge < -0.3 is 4.74 Å². The Morgan fingerprint density at radius 1 is 1.53 bits per heavy atom. The van der Waals surface area contributed by atoms with E-state index in [1.54, 1.807) is 6.92 Å². The van der Waals surface area contributed by atoms with Gasteiger partial charge in [0, 0.05) is 0 Å². The first kappa shape index (κ1) is 12.3. The molecule has 0 aromatic heterocycles. The first-order valence-corrected chi connectivity index (χ1v) is 4.87. The van der Waals surface area contributed by atoms with Gasteiger partial charge in [-0.3, -0.25) is 4.79 Å². The van der Waals surface area contributed by atoms with E-state index in [-0.39, 0.29) is 11.3 Å². The van der Waals surface area contributed by atoms with Gasteiger partial charge in [0.2, 0.25) is 0 Å². The van der Waals surface area contributed by atoms with E-state index < -0.39 is 24.7 Å². The fraction of sp³-hybridized carbons (Fsp3) is 0.900. The smallest absolute Gasteiger partial charge is 0.422 e. The molecule has 0 N–H and O–H groups in total. The Hall–Kier alpha value is -0.740. The summed E-state index contributed by atoms with van der Waals surface area (Å²) in [4.78, 5) is 11.2. The van der Waals surface area contributed by atoms with E-state index in [1.807, 2.05) is 13.8 Å². The van der Waals surface area contributed by atoms with Gasteiger partial charge in [-0.15, -0.1) is 0 Å². The van der Waals surface area contributed by atoms with Crippen molar-refractivity contribution < 1.29 is 22.7 Å². The summed E-state index contributed by atoms with van der Waals surface area (Å²) in [5, 5.41) is 0. The Labute approximate surface area is 86.8 Å². The number of carbonyl (C=O) groups excluding carboxylic acids is 1. The van der Waals surface area contributed by atoms with Crippen LogP contribution in [0.1, 0.15) is 27.2 Å². The van der Waals surface area contributed by atoms with E-state index in [1.165, 1.54) is 0 Å². The fourth-order valence-corrected chi connectivity index (χ4v) is 1.81. The zero-order chi connectivity index (χ0) is 11.9. The van der Waals surface area contributed by atoms with Crippen LogP contribution in [0.15, 0.2) is 0 Å². The maximum atomic E-state index is 11.8. The number of hydrogen-bond acceptors (Lipinski definition) is 2. The maximum Gasteiger partial charge on any atom is 0.422 e. The number of hydrogen-bond donors (Lipinski definition) is 0. The maximum absolute atomic E-state index is 11.8. The van der Waals surface area contributed by atoms with Crippen LogP contribution >= 0.6 is 0 Å². The second-order valence-electron chi connectivity index (χ2n) is 4.81. The third-order valence-electron chi connectivity index (χ3n) is 2.94. The summed E-state index contributed by atoms with van der Waals surface area (Å²) >= 11 is 0. The van der Waals surface area contributed by atoms with Crippen molar-refractivity contribution in [2.24, 2.45) is 17.3 Å². The monoisotopic (exact) mass is 224 g/mol. The molecular formula is C10H15F3O2. The number of esters is 1. The SMILES string of the molecule is CC(C(=O)OCC(F)(F)F)C1CC1(C)C. The first-order chi connectivity index (χ1) is 6.63. The summed E-state index contributed by atoms with van der Waals surface area (Å²) in [7, 11) is 0. The molecule has 2 nitrogen and oxygen atoms in total. The minimum absolute atomic E-state index is 0.0661. The molecule has 1 aliphatic carbocycles. The number of rotatable bonds is 3. The molecule has 0 aromatic carbocycles. The zero-order valence-electron chi connectivity index (χ0n) is 9.02. The molecule has 1 fully saturated rings. The quantitative estimate of drug-likeness (QED) is 0.689. The number of halogens is 3. The van der Waals surface area contributed by atoms with Gasteiger partial charge in [0.05, 0.1) is 5.92 Å². The van der Waals surface area contributed by atoms with Crippen LogP contribution in [0.2, 0.25) is 0 Å². The van der Waals surface area contributed by atoms with Gasteiger partial charge in [-0.2, -0.15) is 13.2 Å². The summed E-state index contributed by atoms with van der Waals surface area (Å²) in [6, 6.07) is 0. The van der Waals surface area contributed by atoms with E-state index in [9.17, 15) is 18.0 Å². The van der Waals surface area contributed by atoms with Crippen molar-refractivity contribution in [2.45, 2.75) is 33.4 Å². The highest BCUT2D eigenvalue weighted by atomic mass is 19.4. The van der Waals surface area contributed by atoms with Crippen LogP contribution in [0.3, 0.4) is 0 Å². The van der Waals surface area contributed by atoms with E-state index >= 15 is 0 Å². The molecule has 5 heteroatoms. The Morgan fingerprint density at radius 2 is 2.00 bits per heavy atom. The molecule has 2 atom stereocenters. The molecule has 0 saturated heterocycles. The van der Waals surface area contributed by atoms with Gasteiger partial charge in [-0.05, 0) is 17.8 Å². The summed E-state index contributed by atoms with van der Waals surface area (Å²) in [6.45, 7) is 4.12. The molecule has 0 aromatic rings. The van der Waals surface area contributed by atoms with E-state index in [0.29, 0.717) is 0 Å². The van der Waals surface area contributed by atoms with Crippen molar-refractivity contribution in [1.82, 2.24) is 0 Å². The molecule has 0 heterocycles. The molecule has 0 spiro atoms. The number of ether oxygens (including phenoxy) is 1. The van der Waals surface area contributed by atoms with E-state index in [2.05, 4.69) is 4.74 Å². The van der Waals surface area contributed by atoms with Crippen LogP contribution in [-0.4, -0.2) is 18.8 Å². The Balaban J connectivity index is 2.36. The molecule has 88 valence electrons. The second-order valence-corrected chi connectivity index (χ2v) is 4.81. The minimum Gasteiger partial charge on any atom is -0.456 e. The lowest BCUT2D eigenvalue weighted by atomic mass is 9.99. The van der Waals surface area contributed by atoms with Gasteiger partial charge >= 0.3 is 12.1 Å². The highest BCUT2D eigenvalue weighted by Crippen LogP contribution is 2.55. The van der Waals surface area contributed by atoms with Gasteiger partial charge in [0.15, 0.2) is 6.61 Å². The second kappa shape index (κ2) is 3.68. The van der Waals surface area contributed by atoms with Crippen LogP contribution in [0, 0.1) is 17.3 Å². The van der Waals surface area contributed by atoms with Crippen molar-refractivity contribution in [3.63, 3.8) is 0 Å². The highest BCUT2D eigenvalue weighted by Gasteiger charge is 2.51. The average Bonchev–Trinajstić information content (AvgIpc) is 2.68. The molecule has 0 aliphatic heterocycles. The van der Waals surface area contributed by atoms with Crippen molar-refractivity contribution in [3.8, 4) is 0 Å². The number of carbonyl (C=O) groups is 1. The normalized spacial score (nSPS) is 25.9. The molecule has 0 amide bonds. The predicted octanol–water partition coefficient (Wildman–Crippen LogP) is 2.77. The molecule has 0 bridgehead atoms. The molecule has 2 unspecified atom stereocenters. The first-order valence-electron chi connectivity index (χ1n) is 4.87. The van der Waals surface area contributed by atoms with Gasteiger partial charge in [0.1, 0.15) is 0 Å². The third kappa shape index (κ3) is 3.39. The summed E-state index contributed by atoms with van der Waals surface area (Å²) in [5.74, 6) is -1.04. The molecule has 1 saturated carbocycles. The predicted molar refractivity (Wildman–Crippen MR) is 48.1 cm³/mol. The molecule has 15 heavy (non-hydrogen) atoms. The standard InChI is InChI=1S/C10H15F3O2/c1-6(7-4-9(7,2)3)8(14)15-5-10(11,12)13/h6-7H,4-5H2,1-3H3. The summed E-state index contributed by atoms with van der Waals surface area (Å²) in [6.07, 6.45) is -3.57. The molecule has 1 aliphatic rings. The van der Waals surface area contributed by atoms with Gasteiger partial charge in [-0.1, -0.05) is 20.8 Å². The van der Waals surface area contributed by atoms with Crippen molar-refractivity contribution in [2.75, 3.05) is 6.61 Å². The number of alkyl halides is 3. The lowest BCUT2D eigenvalue weighted by Crippen LogP contribution is -2.25. The van der Waals surface area contributed by atoms with Crippen molar-refractivity contribution in [3.05, 3.63) is 0 Å². The van der Waals surface area contributed by atoms with Crippen molar-refractivity contribution >= 4 is 5.97 Å². The molecule has 1 rings (SSSR count). The Kier molecular flexibility index (Phi) is 3.03. The van der Waals surface area contributed by atoms with Crippen LogP contribution < -0.4 is 0 Å². The lowest BCUT2D eigenvalue weighted by molar-refractivity contribution is -0.189. The van der Waals surface area contributed by atoms with E-state index in [4.69, 9.17) is 0 Å². The fourth-order valence-electron chi connectivity index (χ4n) is 1.81. The summed E-state index contributed by atoms with van der Waals surface area (Å²) in [5.41, 5.74) is 0.0661. The third-order valence-corrected chi connectivity index (χ3v) is 2.94. The highest BCUT2D eigenvalue weighted by molar-refractivity contribution is 5.73. The summed E-state index contributed by atoms with van der Waals surface area (Å²) < 4.78 is 39.5. The molecular weight excluding hydrogens is 209 g/mol. The van der Waals surface area contributed by atoms with E-state index in [0.717, 1.165) is 6.42 Å². The van der Waals surface area contributed by atoms with Gasteiger partial charge in [-0.25, -0.2) is 0 Å². The van der Waals surface area contributed by atoms with Crippen LogP contribution in [0.25, 0.3) is 0 Å². The minimum atomic E-state index is -4.44. The topological polar surface area (TPSA) is 26.3 Å². The largest absolute Gasteiger partial charge is 0.456 e. The van der Waals surface area contributed by atoms with Crippen molar-refractivity contribution in [1.29, 1.82) is 0 Å². The average molecular weight is 224 g/mol. The Morgan fingerprint density at radius 3 is 2.33 bits per heavy atom. The van der Waals surface area contributed by atoms with Crippen LogP contribution in [0.4, 0.5) is 13.2 Å². The van der Waals surface area contributed by atoms with Crippen LogP contribution in [0.5, 0.6) is 0 Å². The van der Waals surface area contributed by atoms with Gasteiger partial charge in [0.25, 0.3) is 0 Å².